The summed E-state index contributed by atoms with van der Waals surface area (Å²) in [6.45, 7) is 0. The number of halogens is 1. The summed E-state index contributed by atoms with van der Waals surface area (Å²) in [7, 11) is 1.90. The highest BCUT2D eigenvalue weighted by molar-refractivity contribution is 9.10. The van der Waals surface area contributed by atoms with Crippen molar-refractivity contribution in [3.8, 4) is 0 Å². The monoisotopic (exact) mass is 281 g/mol. The van der Waals surface area contributed by atoms with Gasteiger partial charge in [-0.2, -0.15) is 5.10 Å². The molecule has 0 aliphatic carbocycles. The number of H-pyrrole nitrogens is 1. The molecule has 0 aromatic carbocycles. The Bertz CT molecular complexity index is 442. The first-order valence-electron chi connectivity index (χ1n) is 4.91. The Morgan fingerprint density at radius 3 is 3.00 bits per heavy atom. The predicted octanol–water partition coefficient (Wildman–Crippen LogP) is 1.47. The van der Waals surface area contributed by atoms with Crippen LogP contribution in [0.15, 0.2) is 29.3 Å². The summed E-state index contributed by atoms with van der Waals surface area (Å²) < 4.78 is 0.984. The molecule has 2 aromatic rings. The molecule has 0 spiro atoms. The fourth-order valence-electron chi connectivity index (χ4n) is 1.52. The van der Waals surface area contributed by atoms with Crippen molar-refractivity contribution in [2.24, 2.45) is 0 Å². The number of aromatic amines is 1. The molecule has 0 aliphatic rings. The summed E-state index contributed by atoms with van der Waals surface area (Å²) in [5.41, 5.74) is 1.14. The number of aromatic nitrogens is 4. The van der Waals surface area contributed by atoms with Crippen molar-refractivity contribution >= 4 is 15.9 Å². The Hall–Kier alpha value is -1.27. The number of rotatable bonds is 4. The van der Waals surface area contributed by atoms with E-state index in [1.165, 1.54) is 6.33 Å². The summed E-state index contributed by atoms with van der Waals surface area (Å²) in [6.07, 6.45) is 5.95. The minimum absolute atomic E-state index is 0.124. The Balaban J connectivity index is 2.13. The molecule has 0 aliphatic heterocycles. The average molecular weight is 282 g/mol. The molecule has 0 fully saturated rings. The zero-order chi connectivity index (χ0) is 11.4. The van der Waals surface area contributed by atoms with Gasteiger partial charge < -0.3 is 5.32 Å². The summed E-state index contributed by atoms with van der Waals surface area (Å²) in [5, 5.41) is 9.91. The molecule has 1 unspecified atom stereocenters. The Labute approximate surface area is 102 Å². The Morgan fingerprint density at radius 1 is 1.50 bits per heavy atom. The van der Waals surface area contributed by atoms with Crippen molar-refractivity contribution in [3.05, 3.63) is 40.6 Å². The second-order valence-electron chi connectivity index (χ2n) is 3.43. The van der Waals surface area contributed by atoms with Crippen LogP contribution >= 0.6 is 15.9 Å². The smallest absolute Gasteiger partial charge is 0.141 e. The summed E-state index contributed by atoms with van der Waals surface area (Å²) in [4.78, 5) is 8.28. The van der Waals surface area contributed by atoms with Gasteiger partial charge in [-0.05, 0) is 41.0 Å². The van der Waals surface area contributed by atoms with Gasteiger partial charge in [0.25, 0.3) is 0 Å². The number of hydrogen-bond donors (Lipinski definition) is 2. The summed E-state index contributed by atoms with van der Waals surface area (Å²) in [6, 6.07) is 2.17. The SMILES string of the molecule is CNC(Cc1cncc(Br)c1)c1ncn[nH]1. The first kappa shape index (κ1) is 11.2. The Morgan fingerprint density at radius 2 is 2.38 bits per heavy atom. The zero-order valence-electron chi connectivity index (χ0n) is 8.81. The van der Waals surface area contributed by atoms with Crippen LogP contribution in [0.1, 0.15) is 17.4 Å². The van der Waals surface area contributed by atoms with Gasteiger partial charge in [-0.3, -0.25) is 10.1 Å². The van der Waals surface area contributed by atoms with Gasteiger partial charge in [0.15, 0.2) is 0 Å². The molecule has 0 bridgehead atoms. The molecule has 1 atom stereocenters. The van der Waals surface area contributed by atoms with Crippen molar-refractivity contribution < 1.29 is 0 Å². The van der Waals surface area contributed by atoms with Gasteiger partial charge >= 0.3 is 0 Å². The van der Waals surface area contributed by atoms with E-state index in [1.54, 1.807) is 6.20 Å². The minimum Gasteiger partial charge on any atom is -0.310 e. The first-order valence-corrected chi connectivity index (χ1v) is 5.71. The minimum atomic E-state index is 0.124. The van der Waals surface area contributed by atoms with Crippen LogP contribution < -0.4 is 5.32 Å². The van der Waals surface area contributed by atoms with Gasteiger partial charge in [-0.15, -0.1) is 0 Å². The van der Waals surface area contributed by atoms with Gasteiger partial charge in [-0.1, -0.05) is 0 Å². The van der Waals surface area contributed by atoms with E-state index in [2.05, 4.69) is 41.4 Å². The standard InChI is InChI=1S/C10H12BrN5/c1-12-9(10-14-6-15-16-10)3-7-2-8(11)5-13-4-7/h2,4-6,9,12H,3H2,1H3,(H,14,15,16). The van der Waals surface area contributed by atoms with Crippen LogP contribution in [0.3, 0.4) is 0 Å². The van der Waals surface area contributed by atoms with Gasteiger partial charge in [0.2, 0.25) is 0 Å². The van der Waals surface area contributed by atoms with Crippen LogP contribution in [-0.2, 0) is 6.42 Å². The highest BCUT2D eigenvalue weighted by atomic mass is 79.9. The quantitative estimate of drug-likeness (QED) is 0.891. The fraction of sp³-hybridized carbons (Fsp3) is 0.300. The number of hydrogen-bond acceptors (Lipinski definition) is 4. The molecule has 2 rings (SSSR count). The first-order chi connectivity index (χ1) is 7.79. The lowest BCUT2D eigenvalue weighted by Gasteiger charge is -2.12. The van der Waals surface area contributed by atoms with Crippen molar-refractivity contribution in [2.75, 3.05) is 7.05 Å². The molecule has 0 amide bonds. The molecule has 0 saturated heterocycles. The number of pyridine rings is 1. The fourth-order valence-corrected chi connectivity index (χ4v) is 1.93. The molecule has 16 heavy (non-hydrogen) atoms. The normalized spacial score (nSPS) is 12.6. The third-order valence-electron chi connectivity index (χ3n) is 2.31. The maximum atomic E-state index is 4.14. The predicted molar refractivity (Wildman–Crippen MR) is 63.8 cm³/mol. The van der Waals surface area contributed by atoms with Crippen molar-refractivity contribution in [3.63, 3.8) is 0 Å². The third-order valence-corrected chi connectivity index (χ3v) is 2.75. The van der Waals surface area contributed by atoms with E-state index in [1.807, 2.05) is 19.3 Å². The molecule has 2 heterocycles. The van der Waals surface area contributed by atoms with Crippen molar-refractivity contribution in [1.82, 2.24) is 25.5 Å². The topological polar surface area (TPSA) is 66.5 Å². The zero-order valence-corrected chi connectivity index (χ0v) is 10.4. The Kier molecular flexibility index (Phi) is 3.63. The average Bonchev–Trinajstić information content (AvgIpc) is 2.79. The van der Waals surface area contributed by atoms with Crippen LogP contribution in [0.25, 0.3) is 0 Å². The van der Waals surface area contributed by atoms with Crippen LogP contribution in [0.5, 0.6) is 0 Å². The van der Waals surface area contributed by atoms with Crippen LogP contribution in [-0.4, -0.2) is 27.2 Å². The van der Waals surface area contributed by atoms with E-state index in [0.717, 1.165) is 22.3 Å². The lowest BCUT2D eigenvalue weighted by Crippen LogP contribution is -2.20. The van der Waals surface area contributed by atoms with Crippen LogP contribution in [0.2, 0.25) is 0 Å². The second kappa shape index (κ2) is 5.18. The molecule has 2 aromatic heterocycles. The summed E-state index contributed by atoms with van der Waals surface area (Å²) in [5.74, 6) is 0.836. The van der Waals surface area contributed by atoms with E-state index in [9.17, 15) is 0 Å². The highest BCUT2D eigenvalue weighted by Crippen LogP contribution is 2.16. The largest absolute Gasteiger partial charge is 0.310 e. The van der Waals surface area contributed by atoms with E-state index in [-0.39, 0.29) is 6.04 Å². The van der Waals surface area contributed by atoms with Crippen molar-refractivity contribution in [2.45, 2.75) is 12.5 Å². The molecule has 84 valence electrons. The maximum absolute atomic E-state index is 4.14. The lowest BCUT2D eigenvalue weighted by atomic mass is 10.1. The van der Waals surface area contributed by atoms with Crippen LogP contribution in [0.4, 0.5) is 0 Å². The van der Waals surface area contributed by atoms with E-state index in [4.69, 9.17) is 0 Å². The number of nitrogens with one attached hydrogen (secondary N) is 2. The van der Waals surface area contributed by atoms with E-state index < -0.39 is 0 Å². The van der Waals surface area contributed by atoms with Crippen molar-refractivity contribution in [1.29, 1.82) is 0 Å². The van der Waals surface area contributed by atoms with Gasteiger partial charge in [-0.25, -0.2) is 4.98 Å². The van der Waals surface area contributed by atoms with Crippen LogP contribution in [0, 0.1) is 0 Å². The molecule has 0 saturated carbocycles. The van der Waals surface area contributed by atoms with Gasteiger partial charge in [0.05, 0.1) is 6.04 Å². The van der Waals surface area contributed by atoms with E-state index >= 15 is 0 Å². The number of likely N-dealkylation sites (N-methyl/N-ethyl adjacent to an activating group) is 1. The maximum Gasteiger partial charge on any atom is 0.141 e. The highest BCUT2D eigenvalue weighted by Gasteiger charge is 2.12. The molecule has 0 radical (unpaired) electrons. The second-order valence-corrected chi connectivity index (χ2v) is 4.34. The third kappa shape index (κ3) is 2.65. The lowest BCUT2D eigenvalue weighted by molar-refractivity contribution is 0.559. The number of nitrogens with zero attached hydrogens (tertiary/aromatic N) is 3. The molecule has 5 nitrogen and oxygen atoms in total. The van der Waals surface area contributed by atoms with Gasteiger partial charge in [0.1, 0.15) is 12.2 Å². The molecule has 6 heteroatoms. The van der Waals surface area contributed by atoms with Gasteiger partial charge in [0, 0.05) is 16.9 Å². The molecule has 2 N–H and O–H groups in total. The van der Waals surface area contributed by atoms with E-state index in [0.29, 0.717) is 0 Å². The molecular formula is C10H12BrN5. The summed E-state index contributed by atoms with van der Waals surface area (Å²) >= 11 is 3.40. The molecular weight excluding hydrogens is 270 g/mol.